The summed E-state index contributed by atoms with van der Waals surface area (Å²) in [4.78, 5) is 12.8. The van der Waals surface area contributed by atoms with Gasteiger partial charge in [-0.3, -0.25) is 25.9 Å². The number of hydrogen-bond acceptors (Lipinski definition) is 6. The van der Waals surface area contributed by atoms with Gasteiger partial charge in [-0.25, -0.2) is 67.9 Å². The summed E-state index contributed by atoms with van der Waals surface area (Å²) in [7, 11) is -7.33. The summed E-state index contributed by atoms with van der Waals surface area (Å²) in [5, 5.41) is 14.6. The Bertz CT molecular complexity index is 1580. The van der Waals surface area contributed by atoms with Crippen molar-refractivity contribution in [1.82, 2.24) is 0 Å². The number of nitrogens with zero attached hydrogens (tertiary/aromatic N) is 6. The second-order valence-corrected chi connectivity index (χ2v) is 11.7. The maximum atomic E-state index is 9.67. The second kappa shape index (κ2) is 98.4. The van der Waals surface area contributed by atoms with E-state index in [-0.39, 0.29) is 68.3 Å². The van der Waals surface area contributed by atoms with E-state index in [9.17, 15) is 25.9 Å². The molecule has 70 heavy (non-hydrogen) atoms. The van der Waals surface area contributed by atoms with Crippen LogP contribution in [0.1, 0.15) is 41.5 Å². The Morgan fingerprint density at radius 3 is 0.529 bits per heavy atom. The molecule has 6 rings (SSSR count). The van der Waals surface area contributed by atoms with Crippen molar-refractivity contribution in [1.29, 1.82) is 10.5 Å². The van der Waals surface area contributed by atoms with E-state index in [1.54, 1.807) is 60.7 Å². The Labute approximate surface area is 481 Å². The Hall–Kier alpha value is -4.03. The number of benzene rings is 2. The summed E-state index contributed by atoms with van der Waals surface area (Å²) in [5.41, 5.74) is 2.31. The first kappa shape index (κ1) is 95.6. The van der Waals surface area contributed by atoms with E-state index in [4.69, 9.17) is 36.8 Å². The molecule has 0 spiro atoms. The predicted molar refractivity (Wildman–Crippen MR) is 278 cm³/mol. The van der Waals surface area contributed by atoms with Crippen LogP contribution in [-0.2, 0) is 119 Å². The van der Waals surface area contributed by atoms with Crippen LogP contribution >= 0.6 is 0 Å². The van der Waals surface area contributed by atoms with E-state index in [0.717, 1.165) is 23.0 Å². The van der Waals surface area contributed by atoms with Gasteiger partial charge in [-0.1, -0.05) is 76.2 Å². The molecule has 0 atom stereocenters. The molecule has 0 fully saturated rings. The van der Waals surface area contributed by atoms with Crippen LogP contribution in [-0.4, -0.2) is 38.1 Å². The summed E-state index contributed by atoms with van der Waals surface area (Å²) in [6.45, 7) is 37.1. The van der Waals surface area contributed by atoms with Crippen LogP contribution < -0.4 is 0 Å². The van der Waals surface area contributed by atoms with Crippen molar-refractivity contribution in [2.75, 3.05) is 23.0 Å². The molecule has 0 unspecified atom stereocenters. The van der Waals surface area contributed by atoms with Gasteiger partial charge in [-0.05, 0) is 0 Å². The van der Waals surface area contributed by atoms with E-state index in [0.29, 0.717) is 22.7 Å². The van der Waals surface area contributed by atoms with E-state index in [1.165, 1.54) is 13.8 Å². The van der Waals surface area contributed by atoms with Crippen molar-refractivity contribution in [3.63, 3.8) is 0 Å². The van der Waals surface area contributed by atoms with Gasteiger partial charge in [0.2, 0.25) is 0 Å². The molecule has 22 heteroatoms. The average Bonchev–Trinajstić information content (AvgIpc) is 4.16. The van der Waals surface area contributed by atoms with Gasteiger partial charge in [0.15, 0.2) is 22.7 Å². The SMILES string of the molecule is CC#N.CC#N.CC[S-].CC[S-].CC[S-].CC[S-].FB(F)F.FB(F)F.[C-]#[N+]c1ccc([N+]#[C-])cc1.[C-]#[N+]c1ccc([N+]#[C-])cc1.[Fe+2].[Fe+2].[Fe+2].[Fe+2].c1cc[cH-]c1.c1cc[cH-]c1.c1cc[cH-]c1.c1cc[cH-]c1. The van der Waals surface area contributed by atoms with Gasteiger partial charge in [-0.2, -0.15) is 106 Å². The molecule has 0 saturated heterocycles. The molecular formula is C48H54B2F6Fe4N6S4. The van der Waals surface area contributed by atoms with Crippen molar-refractivity contribution >= 4 is 88.4 Å². The van der Waals surface area contributed by atoms with Gasteiger partial charge in [0.25, 0.3) is 0 Å². The van der Waals surface area contributed by atoms with E-state index < -0.39 is 15.1 Å². The normalized spacial score (nSPS) is 6.54. The van der Waals surface area contributed by atoms with E-state index in [2.05, 4.69) is 69.9 Å². The summed E-state index contributed by atoms with van der Waals surface area (Å²) in [6.07, 6.45) is 0. The Balaban J connectivity index is -0.0000000528. The van der Waals surface area contributed by atoms with Crippen LogP contribution in [0.5, 0.6) is 0 Å². The molecule has 0 heterocycles. The van der Waals surface area contributed by atoms with Gasteiger partial charge >= 0.3 is 83.4 Å². The molecule has 380 valence electrons. The van der Waals surface area contributed by atoms with Crippen LogP contribution in [0.2, 0.25) is 0 Å². The zero-order valence-corrected chi connectivity index (χ0v) is 46.8. The number of rotatable bonds is 0. The molecule has 0 aliphatic rings. The molecule has 0 bridgehead atoms. The fraction of sp³-hybridized carbons (Fsp3) is 0.208. The largest absolute Gasteiger partial charge is 2.00 e. The van der Waals surface area contributed by atoms with Crippen molar-refractivity contribution in [3.8, 4) is 12.1 Å². The Kier molecular flexibility index (Phi) is 134. The molecule has 6 nitrogen and oxygen atoms in total. The standard InChI is InChI=1S/2C8H4N2.4C5H5.2C2H3N.4C2H6S.2BF3.4Fe/c2*1-9-7-3-5-8(10-2)6-4-7;4*1-2-4-5-3-1;6*1-2-3;2*2-1(3)4;;;;/h2*3-6H;4*1-5H;2*1H3;4*3H,2H2,1H3;;;;;;/q;;4*-1;;;;;;;;;4*+2/p-4. The van der Waals surface area contributed by atoms with Crippen LogP contribution in [0.15, 0.2) is 170 Å². The van der Waals surface area contributed by atoms with Gasteiger partial charge in [0.05, 0.1) is 38.4 Å². The fourth-order valence-electron chi connectivity index (χ4n) is 2.49. The van der Waals surface area contributed by atoms with E-state index >= 15 is 0 Å². The summed E-state index contributed by atoms with van der Waals surface area (Å²) >= 11 is 17.6. The van der Waals surface area contributed by atoms with Gasteiger partial charge < -0.3 is 50.5 Å². The summed E-state index contributed by atoms with van der Waals surface area (Å²) in [5.74, 6) is 3.33. The first-order valence-corrected chi connectivity index (χ1v) is 21.1. The van der Waals surface area contributed by atoms with Crippen LogP contribution in [0.25, 0.3) is 19.4 Å². The molecule has 0 aromatic heterocycles. The molecule has 6 aromatic rings. The maximum absolute atomic E-state index is 9.67. The van der Waals surface area contributed by atoms with Crippen molar-refractivity contribution in [2.24, 2.45) is 0 Å². The molecule has 6 aromatic carbocycles. The monoisotopic (exact) mass is 1200 g/mol. The van der Waals surface area contributed by atoms with E-state index in [1.807, 2.05) is 149 Å². The Morgan fingerprint density at radius 1 is 0.400 bits per heavy atom. The minimum atomic E-state index is -3.67. The zero-order chi connectivity index (χ0) is 52.3. The summed E-state index contributed by atoms with van der Waals surface area (Å²) < 4.78 is 58.0. The predicted octanol–water partition coefficient (Wildman–Crippen LogP) is 16.2. The molecular weight excluding hydrogens is 1150 g/mol. The van der Waals surface area contributed by atoms with Gasteiger partial charge in [0.1, 0.15) is 0 Å². The fourth-order valence-corrected chi connectivity index (χ4v) is 2.49. The topological polar surface area (TPSA) is 65.0 Å². The quantitative estimate of drug-likeness (QED) is 0.0654. The van der Waals surface area contributed by atoms with Crippen LogP contribution in [0, 0.1) is 49.0 Å². The van der Waals surface area contributed by atoms with Crippen LogP contribution in [0.4, 0.5) is 48.6 Å². The molecule has 0 radical (unpaired) electrons. The third-order valence-corrected chi connectivity index (χ3v) is 4.44. The van der Waals surface area contributed by atoms with Crippen molar-refractivity contribution in [2.45, 2.75) is 41.5 Å². The van der Waals surface area contributed by atoms with Crippen LogP contribution in [0.3, 0.4) is 0 Å². The minimum Gasteiger partial charge on any atom is -0.793 e. The summed E-state index contributed by atoms with van der Waals surface area (Å²) in [6, 6.07) is 56.6. The minimum absolute atomic E-state index is 0. The third-order valence-electron chi connectivity index (χ3n) is 4.44. The van der Waals surface area contributed by atoms with Crippen molar-refractivity contribution in [3.05, 3.63) is 216 Å². The van der Waals surface area contributed by atoms with Gasteiger partial charge in [-0.15, -0.1) is 0 Å². The zero-order valence-electron chi connectivity index (χ0n) is 39.1. The third kappa shape index (κ3) is 131. The number of nitriles is 2. The van der Waals surface area contributed by atoms with Crippen molar-refractivity contribution < 1.29 is 94.2 Å². The first-order chi connectivity index (χ1) is 31.7. The average molecular weight is 1200 g/mol. The molecule has 0 N–H and O–H groups in total. The molecule has 0 aliphatic heterocycles. The molecule has 0 saturated carbocycles. The molecule has 0 aliphatic carbocycles. The number of hydrogen-bond donors (Lipinski definition) is 0. The molecule has 0 amide bonds. The first-order valence-electron chi connectivity index (χ1n) is 18.8. The second-order valence-electron chi connectivity index (χ2n) is 9.43. The Morgan fingerprint density at radius 2 is 0.486 bits per heavy atom. The maximum Gasteiger partial charge on any atom is 2.00 e. The smallest absolute Gasteiger partial charge is 0.793 e. The number of halogens is 6. The van der Waals surface area contributed by atoms with Gasteiger partial charge in [0, 0.05) is 13.8 Å².